The van der Waals surface area contributed by atoms with Gasteiger partial charge in [0.25, 0.3) is 0 Å². The molecule has 0 radical (unpaired) electrons. The maximum absolute atomic E-state index is 5.58. The van der Waals surface area contributed by atoms with Gasteiger partial charge in [0.05, 0.1) is 12.4 Å². The summed E-state index contributed by atoms with van der Waals surface area (Å²) >= 11 is 0. The Bertz CT molecular complexity index is 306. The third-order valence-corrected chi connectivity index (χ3v) is 2.47. The van der Waals surface area contributed by atoms with E-state index in [1.807, 2.05) is 0 Å². The van der Waals surface area contributed by atoms with Crippen LogP contribution < -0.4 is 10.6 Å². The summed E-state index contributed by atoms with van der Waals surface area (Å²) in [5.41, 5.74) is 5.58. The highest BCUT2D eigenvalue weighted by molar-refractivity contribution is 5.41. The van der Waals surface area contributed by atoms with Gasteiger partial charge in [0, 0.05) is 26.2 Å². The van der Waals surface area contributed by atoms with E-state index in [0.29, 0.717) is 5.82 Å². The molecule has 1 aliphatic rings. The van der Waals surface area contributed by atoms with Crippen molar-refractivity contribution in [1.29, 1.82) is 0 Å². The summed E-state index contributed by atoms with van der Waals surface area (Å²) in [6, 6.07) is 0. The van der Waals surface area contributed by atoms with Crippen molar-refractivity contribution in [2.24, 2.45) is 0 Å². The first kappa shape index (κ1) is 9.21. The second-order valence-electron chi connectivity index (χ2n) is 3.59. The van der Waals surface area contributed by atoms with Crippen molar-refractivity contribution in [3.8, 4) is 0 Å². The molecule has 1 aromatic rings. The highest BCUT2D eigenvalue weighted by Crippen LogP contribution is 2.12. The fourth-order valence-corrected chi connectivity index (χ4v) is 1.56. The molecule has 0 spiro atoms. The Morgan fingerprint density at radius 3 is 2.57 bits per heavy atom. The van der Waals surface area contributed by atoms with Crippen LogP contribution in [-0.2, 0) is 0 Å². The highest BCUT2D eigenvalue weighted by Gasteiger charge is 2.15. The van der Waals surface area contributed by atoms with Crippen LogP contribution in [0.2, 0.25) is 0 Å². The lowest BCUT2D eigenvalue weighted by Gasteiger charge is -2.32. The second-order valence-corrected chi connectivity index (χ2v) is 3.59. The first-order chi connectivity index (χ1) is 6.75. The molecule has 5 heteroatoms. The molecule has 0 aliphatic carbocycles. The number of nitrogens with zero attached hydrogens (tertiary/aromatic N) is 4. The predicted octanol–water partition coefficient (Wildman–Crippen LogP) is -0.189. The lowest BCUT2D eigenvalue weighted by Crippen LogP contribution is -2.44. The van der Waals surface area contributed by atoms with E-state index in [9.17, 15) is 0 Å². The van der Waals surface area contributed by atoms with Gasteiger partial charge >= 0.3 is 0 Å². The van der Waals surface area contributed by atoms with Gasteiger partial charge in [0.15, 0.2) is 0 Å². The Hall–Kier alpha value is -1.36. The minimum absolute atomic E-state index is 0.487. The average molecular weight is 193 g/mol. The predicted molar refractivity (Wildman–Crippen MR) is 56.2 cm³/mol. The fourth-order valence-electron chi connectivity index (χ4n) is 1.56. The lowest BCUT2D eigenvalue weighted by atomic mass is 10.3. The molecule has 1 aromatic heterocycles. The van der Waals surface area contributed by atoms with Crippen LogP contribution in [0.1, 0.15) is 0 Å². The van der Waals surface area contributed by atoms with Gasteiger partial charge in [-0.1, -0.05) is 0 Å². The van der Waals surface area contributed by atoms with E-state index in [-0.39, 0.29) is 0 Å². The van der Waals surface area contributed by atoms with E-state index in [0.717, 1.165) is 32.0 Å². The third-order valence-electron chi connectivity index (χ3n) is 2.47. The molecule has 0 atom stereocenters. The number of rotatable bonds is 1. The lowest BCUT2D eigenvalue weighted by molar-refractivity contribution is 0.312. The number of anilines is 2. The summed E-state index contributed by atoms with van der Waals surface area (Å²) in [6.45, 7) is 4.12. The Morgan fingerprint density at radius 2 is 1.93 bits per heavy atom. The molecule has 0 aromatic carbocycles. The number of hydrogen-bond donors (Lipinski definition) is 1. The molecule has 0 amide bonds. The van der Waals surface area contributed by atoms with Gasteiger partial charge in [0.1, 0.15) is 11.6 Å². The first-order valence-electron chi connectivity index (χ1n) is 4.77. The minimum atomic E-state index is 0.487. The summed E-state index contributed by atoms with van der Waals surface area (Å²) < 4.78 is 0. The van der Waals surface area contributed by atoms with Crippen LogP contribution >= 0.6 is 0 Å². The van der Waals surface area contributed by atoms with Gasteiger partial charge in [-0.15, -0.1) is 0 Å². The van der Waals surface area contributed by atoms with Crippen molar-refractivity contribution >= 4 is 11.6 Å². The molecule has 1 saturated heterocycles. The normalized spacial score (nSPS) is 18.5. The SMILES string of the molecule is CN1CCN(c2cncc(N)n2)CC1. The van der Waals surface area contributed by atoms with Crippen molar-refractivity contribution in [3.05, 3.63) is 12.4 Å². The third kappa shape index (κ3) is 1.93. The zero-order valence-electron chi connectivity index (χ0n) is 8.35. The van der Waals surface area contributed by atoms with Crippen LogP contribution in [0.5, 0.6) is 0 Å². The van der Waals surface area contributed by atoms with Gasteiger partial charge in [-0.2, -0.15) is 0 Å². The number of aromatic nitrogens is 2. The van der Waals surface area contributed by atoms with Crippen LogP contribution in [0, 0.1) is 0 Å². The highest BCUT2D eigenvalue weighted by atomic mass is 15.3. The smallest absolute Gasteiger partial charge is 0.149 e. The van der Waals surface area contributed by atoms with Crippen molar-refractivity contribution in [1.82, 2.24) is 14.9 Å². The maximum atomic E-state index is 5.58. The minimum Gasteiger partial charge on any atom is -0.382 e. The summed E-state index contributed by atoms with van der Waals surface area (Å²) in [7, 11) is 2.13. The molecule has 2 heterocycles. The zero-order valence-corrected chi connectivity index (χ0v) is 8.35. The molecule has 0 bridgehead atoms. The van der Waals surface area contributed by atoms with Crippen LogP contribution in [-0.4, -0.2) is 48.1 Å². The summed E-state index contributed by atoms with van der Waals surface area (Å²) in [5.74, 6) is 1.37. The number of hydrogen-bond acceptors (Lipinski definition) is 5. The quantitative estimate of drug-likeness (QED) is 0.670. The standard InChI is InChI=1S/C9H15N5/c1-13-2-4-14(5-3-13)9-7-11-6-8(10)12-9/h6-7H,2-5H2,1H3,(H2,10,12). The van der Waals surface area contributed by atoms with Crippen molar-refractivity contribution in [3.63, 3.8) is 0 Å². The molecule has 0 unspecified atom stereocenters. The van der Waals surface area contributed by atoms with E-state index in [1.165, 1.54) is 0 Å². The van der Waals surface area contributed by atoms with Gasteiger partial charge in [-0.05, 0) is 7.05 Å². The Balaban J connectivity index is 2.08. The second kappa shape index (κ2) is 3.79. The van der Waals surface area contributed by atoms with Gasteiger partial charge in [-0.25, -0.2) is 4.98 Å². The average Bonchev–Trinajstić information content (AvgIpc) is 2.19. The van der Waals surface area contributed by atoms with Crippen LogP contribution in [0.3, 0.4) is 0 Å². The van der Waals surface area contributed by atoms with Crippen LogP contribution in [0.25, 0.3) is 0 Å². The molecule has 76 valence electrons. The van der Waals surface area contributed by atoms with E-state index in [2.05, 4.69) is 26.8 Å². The van der Waals surface area contributed by atoms with Crippen LogP contribution in [0.4, 0.5) is 11.6 Å². The van der Waals surface area contributed by atoms with Gasteiger partial charge < -0.3 is 15.5 Å². The Kier molecular flexibility index (Phi) is 2.49. The Labute approximate surface area is 83.5 Å². The fraction of sp³-hybridized carbons (Fsp3) is 0.556. The number of nitrogens with two attached hydrogens (primary N) is 1. The summed E-state index contributed by atoms with van der Waals surface area (Å²) in [4.78, 5) is 12.8. The number of piperazine rings is 1. The number of nitrogen functional groups attached to an aromatic ring is 1. The molecule has 1 aliphatic heterocycles. The van der Waals surface area contributed by atoms with Crippen molar-refractivity contribution in [2.75, 3.05) is 43.9 Å². The molecule has 1 fully saturated rings. The monoisotopic (exact) mass is 193 g/mol. The molecular weight excluding hydrogens is 178 g/mol. The van der Waals surface area contributed by atoms with E-state index in [4.69, 9.17) is 5.73 Å². The van der Waals surface area contributed by atoms with Gasteiger partial charge in [-0.3, -0.25) is 4.98 Å². The molecular formula is C9H15N5. The molecule has 14 heavy (non-hydrogen) atoms. The number of likely N-dealkylation sites (N-methyl/N-ethyl adjacent to an activating group) is 1. The van der Waals surface area contributed by atoms with E-state index < -0.39 is 0 Å². The summed E-state index contributed by atoms with van der Waals surface area (Å²) in [5, 5.41) is 0. The largest absolute Gasteiger partial charge is 0.382 e. The van der Waals surface area contributed by atoms with Crippen molar-refractivity contribution in [2.45, 2.75) is 0 Å². The topological polar surface area (TPSA) is 58.3 Å². The molecule has 2 rings (SSSR count). The van der Waals surface area contributed by atoms with Crippen LogP contribution in [0.15, 0.2) is 12.4 Å². The molecule has 0 saturated carbocycles. The zero-order chi connectivity index (χ0) is 9.97. The van der Waals surface area contributed by atoms with Gasteiger partial charge in [0.2, 0.25) is 0 Å². The van der Waals surface area contributed by atoms with E-state index in [1.54, 1.807) is 12.4 Å². The first-order valence-corrected chi connectivity index (χ1v) is 4.77. The van der Waals surface area contributed by atoms with Crippen molar-refractivity contribution < 1.29 is 0 Å². The molecule has 2 N–H and O–H groups in total. The molecule has 5 nitrogen and oxygen atoms in total. The summed E-state index contributed by atoms with van der Waals surface area (Å²) in [6.07, 6.45) is 3.33. The maximum Gasteiger partial charge on any atom is 0.149 e. The van der Waals surface area contributed by atoms with E-state index >= 15 is 0 Å². The Morgan fingerprint density at radius 1 is 1.21 bits per heavy atom.